The van der Waals surface area contributed by atoms with Crippen LogP contribution in [0.5, 0.6) is 0 Å². The third-order valence-electron chi connectivity index (χ3n) is 2.84. The third kappa shape index (κ3) is 3.29. The van der Waals surface area contributed by atoms with Crippen LogP contribution in [0.25, 0.3) is 0 Å². The van der Waals surface area contributed by atoms with Gasteiger partial charge in [0.15, 0.2) is 11.6 Å². The molecule has 1 rings (SSSR count). The van der Waals surface area contributed by atoms with E-state index < -0.39 is 11.6 Å². The molecule has 0 heterocycles. The van der Waals surface area contributed by atoms with Crippen molar-refractivity contribution in [3.63, 3.8) is 0 Å². The summed E-state index contributed by atoms with van der Waals surface area (Å²) in [5.41, 5.74) is 1.03. The van der Waals surface area contributed by atoms with E-state index in [2.05, 4.69) is 0 Å². The summed E-state index contributed by atoms with van der Waals surface area (Å²) in [6.45, 7) is 4.09. The highest BCUT2D eigenvalue weighted by molar-refractivity contribution is 5.26. The average molecular weight is 226 g/mol. The van der Waals surface area contributed by atoms with E-state index in [-0.39, 0.29) is 0 Å². The third-order valence-corrected chi connectivity index (χ3v) is 2.84. The van der Waals surface area contributed by atoms with E-state index >= 15 is 0 Å². The minimum atomic E-state index is -0.637. The van der Waals surface area contributed by atoms with Gasteiger partial charge in [-0.1, -0.05) is 38.8 Å². The smallest absolute Gasteiger partial charge is 0.162 e. The van der Waals surface area contributed by atoms with Crippen molar-refractivity contribution in [2.24, 2.45) is 0 Å². The van der Waals surface area contributed by atoms with Crippen molar-refractivity contribution in [3.8, 4) is 0 Å². The van der Waals surface area contributed by atoms with Crippen molar-refractivity contribution in [2.75, 3.05) is 0 Å². The van der Waals surface area contributed by atoms with Gasteiger partial charge in [-0.2, -0.15) is 0 Å². The molecule has 0 saturated carbocycles. The second-order valence-electron chi connectivity index (χ2n) is 4.22. The van der Waals surface area contributed by atoms with E-state index in [9.17, 15) is 8.78 Å². The predicted octanol–water partition coefficient (Wildman–Crippen LogP) is 4.65. The molecular weight excluding hydrogens is 206 g/mol. The van der Waals surface area contributed by atoms with Crippen LogP contribution < -0.4 is 0 Å². The first kappa shape index (κ1) is 13.1. The summed E-state index contributed by atoms with van der Waals surface area (Å²) < 4.78 is 27.3. The van der Waals surface area contributed by atoms with Gasteiger partial charge in [-0.3, -0.25) is 0 Å². The van der Waals surface area contributed by atoms with Gasteiger partial charge in [0.1, 0.15) is 0 Å². The number of aryl methyl sites for hydroxylation is 2. The molecule has 0 unspecified atom stereocenters. The van der Waals surface area contributed by atoms with Crippen molar-refractivity contribution < 1.29 is 8.78 Å². The summed E-state index contributed by atoms with van der Waals surface area (Å²) in [5.74, 6) is -1.27. The molecule has 0 radical (unpaired) electrons. The zero-order valence-electron chi connectivity index (χ0n) is 10.2. The Kier molecular flexibility index (Phi) is 5.44. The molecule has 0 nitrogen and oxygen atoms in total. The number of hydrogen-bond donors (Lipinski definition) is 0. The first-order valence-corrected chi connectivity index (χ1v) is 6.16. The van der Waals surface area contributed by atoms with Crippen molar-refractivity contribution in [1.82, 2.24) is 0 Å². The van der Waals surface area contributed by atoms with E-state index in [4.69, 9.17) is 0 Å². The van der Waals surface area contributed by atoms with Gasteiger partial charge < -0.3 is 0 Å². The maximum absolute atomic E-state index is 13.6. The molecule has 90 valence electrons. The summed E-state index contributed by atoms with van der Waals surface area (Å²) in [7, 11) is 0. The second-order valence-corrected chi connectivity index (χ2v) is 4.22. The summed E-state index contributed by atoms with van der Waals surface area (Å²) in [6, 6.07) is 3.47. The van der Waals surface area contributed by atoms with Crippen LogP contribution in [0.4, 0.5) is 8.78 Å². The Hall–Kier alpha value is -0.920. The monoisotopic (exact) mass is 226 g/mol. The zero-order valence-corrected chi connectivity index (χ0v) is 10.2. The number of benzene rings is 1. The lowest BCUT2D eigenvalue weighted by Crippen LogP contribution is -2.00. The van der Waals surface area contributed by atoms with Crippen LogP contribution in [0.2, 0.25) is 0 Å². The molecule has 1 aromatic carbocycles. The lowest BCUT2D eigenvalue weighted by Gasteiger charge is -2.07. The zero-order chi connectivity index (χ0) is 12.0. The molecule has 0 aliphatic carbocycles. The maximum atomic E-state index is 13.6. The van der Waals surface area contributed by atoms with Gasteiger partial charge in [-0.15, -0.1) is 0 Å². The van der Waals surface area contributed by atoms with Crippen LogP contribution in [0.15, 0.2) is 12.1 Å². The number of rotatable bonds is 6. The van der Waals surface area contributed by atoms with Crippen LogP contribution in [-0.2, 0) is 12.8 Å². The highest BCUT2D eigenvalue weighted by Crippen LogP contribution is 2.19. The van der Waals surface area contributed by atoms with Crippen LogP contribution in [-0.4, -0.2) is 0 Å². The van der Waals surface area contributed by atoms with Gasteiger partial charge >= 0.3 is 0 Å². The molecule has 0 aliphatic heterocycles. The quantitative estimate of drug-likeness (QED) is 0.662. The van der Waals surface area contributed by atoms with E-state index in [1.165, 1.54) is 0 Å². The first-order chi connectivity index (χ1) is 7.70. The molecule has 0 aliphatic rings. The van der Waals surface area contributed by atoms with E-state index in [1.54, 1.807) is 12.1 Å². The molecule has 0 spiro atoms. The Balaban J connectivity index is 2.81. The van der Waals surface area contributed by atoms with Crippen LogP contribution in [0, 0.1) is 11.6 Å². The minimum absolute atomic E-state index is 0.514. The Bertz CT molecular complexity index is 299. The fourth-order valence-electron chi connectivity index (χ4n) is 1.75. The molecule has 1 aromatic rings. The highest BCUT2D eigenvalue weighted by atomic mass is 19.2. The summed E-state index contributed by atoms with van der Waals surface area (Å²) in [5, 5.41) is 0. The Morgan fingerprint density at radius 1 is 0.812 bits per heavy atom. The molecular formula is C14H20F2. The predicted molar refractivity (Wildman–Crippen MR) is 63.6 cm³/mol. The average Bonchev–Trinajstić information content (AvgIpc) is 2.30. The Labute approximate surface area is 96.7 Å². The largest absolute Gasteiger partial charge is 0.203 e. The molecule has 0 N–H and O–H groups in total. The van der Waals surface area contributed by atoms with Gasteiger partial charge in [0, 0.05) is 0 Å². The molecule has 0 atom stereocenters. The summed E-state index contributed by atoms with van der Waals surface area (Å²) >= 11 is 0. The van der Waals surface area contributed by atoms with E-state index in [0.29, 0.717) is 24.0 Å². The van der Waals surface area contributed by atoms with Gasteiger partial charge in [-0.25, -0.2) is 8.78 Å². The van der Waals surface area contributed by atoms with Crippen molar-refractivity contribution in [3.05, 3.63) is 34.9 Å². The van der Waals surface area contributed by atoms with E-state index in [0.717, 1.165) is 25.7 Å². The number of hydrogen-bond acceptors (Lipinski definition) is 0. The van der Waals surface area contributed by atoms with Gasteiger partial charge in [-0.05, 0) is 36.8 Å². The molecule has 0 saturated heterocycles. The fourth-order valence-corrected chi connectivity index (χ4v) is 1.75. The van der Waals surface area contributed by atoms with Gasteiger partial charge in [0.2, 0.25) is 0 Å². The van der Waals surface area contributed by atoms with Crippen molar-refractivity contribution in [1.29, 1.82) is 0 Å². The maximum Gasteiger partial charge on any atom is 0.162 e. The fraction of sp³-hybridized carbons (Fsp3) is 0.571. The van der Waals surface area contributed by atoms with Crippen molar-refractivity contribution >= 4 is 0 Å². The lowest BCUT2D eigenvalue weighted by molar-refractivity contribution is 0.486. The lowest BCUT2D eigenvalue weighted by atomic mass is 10.0. The Morgan fingerprint density at radius 3 is 1.50 bits per heavy atom. The topological polar surface area (TPSA) is 0 Å². The molecule has 0 amide bonds. The summed E-state index contributed by atoms with van der Waals surface area (Å²) in [4.78, 5) is 0. The number of unbranched alkanes of at least 4 members (excludes halogenated alkanes) is 2. The SMILES string of the molecule is CCCCc1ccc(CCCC)c(F)c1F. The molecule has 16 heavy (non-hydrogen) atoms. The normalized spacial score (nSPS) is 10.8. The molecule has 0 bridgehead atoms. The minimum Gasteiger partial charge on any atom is -0.203 e. The second kappa shape index (κ2) is 6.62. The molecule has 0 aromatic heterocycles. The standard InChI is InChI=1S/C14H20F2/c1-3-5-7-11-9-10-12(8-6-4-2)14(16)13(11)15/h9-10H,3-8H2,1-2H3. The molecule has 0 fully saturated rings. The van der Waals surface area contributed by atoms with Gasteiger partial charge in [0.05, 0.1) is 0 Å². The molecule has 2 heteroatoms. The number of halogens is 2. The van der Waals surface area contributed by atoms with Crippen LogP contribution >= 0.6 is 0 Å². The van der Waals surface area contributed by atoms with Crippen molar-refractivity contribution in [2.45, 2.75) is 52.4 Å². The Morgan fingerprint density at radius 2 is 1.19 bits per heavy atom. The summed E-state index contributed by atoms with van der Waals surface area (Å²) in [6.07, 6.45) is 5.08. The van der Waals surface area contributed by atoms with E-state index in [1.807, 2.05) is 13.8 Å². The van der Waals surface area contributed by atoms with Crippen LogP contribution in [0.3, 0.4) is 0 Å². The van der Waals surface area contributed by atoms with Gasteiger partial charge in [0.25, 0.3) is 0 Å². The highest BCUT2D eigenvalue weighted by Gasteiger charge is 2.12. The van der Waals surface area contributed by atoms with Crippen LogP contribution in [0.1, 0.15) is 50.7 Å². The first-order valence-electron chi connectivity index (χ1n) is 6.16.